The van der Waals surface area contributed by atoms with Gasteiger partial charge in [-0.15, -0.1) is 0 Å². The number of hydrogen-bond acceptors (Lipinski definition) is 5. The largest absolute Gasteiger partial charge is 0.326 e. The van der Waals surface area contributed by atoms with Crippen LogP contribution in [0.3, 0.4) is 0 Å². The molecule has 1 saturated heterocycles. The van der Waals surface area contributed by atoms with Crippen LogP contribution in [0, 0.1) is 0 Å². The molecule has 1 fully saturated rings. The fraction of sp³-hybridized carbons (Fsp3) is 0.100. The Balaban J connectivity index is 1.72. The van der Waals surface area contributed by atoms with Gasteiger partial charge in [0.25, 0.3) is 11.1 Å². The molecule has 0 aliphatic carbocycles. The summed E-state index contributed by atoms with van der Waals surface area (Å²) in [6.45, 7) is 1.08. The lowest BCUT2D eigenvalue weighted by atomic mass is 10.1. The minimum Gasteiger partial charge on any atom is -0.326 e. The number of ketones is 1. The number of carbonyl (C=O) groups is 4. The number of anilines is 1. The van der Waals surface area contributed by atoms with E-state index < -0.39 is 11.1 Å². The van der Waals surface area contributed by atoms with E-state index in [1.165, 1.54) is 6.92 Å². The molecule has 0 bridgehead atoms. The molecule has 2 aromatic carbocycles. The van der Waals surface area contributed by atoms with Gasteiger partial charge >= 0.3 is 0 Å². The van der Waals surface area contributed by atoms with Crippen molar-refractivity contribution in [1.29, 1.82) is 0 Å². The Hall–Kier alpha value is -2.90. The number of nitrogens with zero attached hydrogens (tertiary/aromatic N) is 1. The Morgan fingerprint density at radius 1 is 1.07 bits per heavy atom. The summed E-state index contributed by atoms with van der Waals surface area (Å²) < 4.78 is 0. The smallest absolute Gasteiger partial charge is 0.293 e. The van der Waals surface area contributed by atoms with Gasteiger partial charge in [-0.05, 0) is 59.8 Å². The average Bonchev–Trinajstić information content (AvgIpc) is 2.91. The highest BCUT2D eigenvalue weighted by molar-refractivity contribution is 8.18. The quantitative estimate of drug-likeness (QED) is 0.585. The Labute approximate surface area is 170 Å². The summed E-state index contributed by atoms with van der Waals surface area (Å²) in [4.78, 5) is 49.3. The molecule has 0 atom stereocenters. The van der Waals surface area contributed by atoms with Crippen molar-refractivity contribution in [2.75, 3.05) is 11.9 Å². The molecule has 142 valence electrons. The molecule has 6 nitrogen and oxygen atoms in total. The molecule has 3 rings (SSSR count). The Morgan fingerprint density at radius 3 is 2.32 bits per heavy atom. The lowest BCUT2D eigenvalue weighted by molar-refractivity contribution is -0.122. The van der Waals surface area contributed by atoms with Crippen LogP contribution < -0.4 is 5.32 Å². The summed E-state index contributed by atoms with van der Waals surface area (Å²) in [5.74, 6) is -1.04. The maximum absolute atomic E-state index is 12.5. The molecule has 1 aliphatic rings. The van der Waals surface area contributed by atoms with Crippen LogP contribution >= 0.6 is 23.4 Å². The van der Waals surface area contributed by atoms with Crippen LogP contribution in [0.1, 0.15) is 22.8 Å². The van der Waals surface area contributed by atoms with E-state index in [4.69, 9.17) is 11.6 Å². The van der Waals surface area contributed by atoms with E-state index in [2.05, 4.69) is 5.32 Å². The van der Waals surface area contributed by atoms with Gasteiger partial charge in [0.2, 0.25) is 5.91 Å². The predicted molar refractivity (Wildman–Crippen MR) is 109 cm³/mol. The fourth-order valence-corrected chi connectivity index (χ4v) is 3.49. The molecular formula is C20H15ClN2O4S. The molecular weight excluding hydrogens is 400 g/mol. The van der Waals surface area contributed by atoms with Gasteiger partial charge in [-0.3, -0.25) is 24.1 Å². The second-order valence-electron chi connectivity index (χ2n) is 6.00. The minimum absolute atomic E-state index is 0.181. The van der Waals surface area contributed by atoms with E-state index in [0.29, 0.717) is 21.8 Å². The van der Waals surface area contributed by atoms with Gasteiger partial charge in [0, 0.05) is 23.2 Å². The molecule has 8 heteroatoms. The van der Waals surface area contributed by atoms with Gasteiger partial charge in [0.05, 0.1) is 11.4 Å². The molecule has 0 unspecified atom stereocenters. The summed E-state index contributed by atoms with van der Waals surface area (Å²) in [7, 11) is 0. The standard InChI is InChI=1S/C20H15ClN2O4S/c1-12(24)22-16-8-2-13(3-9-16)10-18-19(26)23(20(27)28-18)11-17(25)14-4-6-15(21)7-5-14/h2-10H,11H2,1H3,(H,22,24)/b18-10-. The summed E-state index contributed by atoms with van der Waals surface area (Å²) in [6, 6.07) is 13.1. The highest BCUT2D eigenvalue weighted by Gasteiger charge is 2.36. The van der Waals surface area contributed by atoms with Crippen LogP contribution in [0.2, 0.25) is 5.02 Å². The van der Waals surface area contributed by atoms with Crippen LogP contribution in [0.4, 0.5) is 10.5 Å². The van der Waals surface area contributed by atoms with Crippen molar-refractivity contribution in [3.05, 3.63) is 69.6 Å². The summed E-state index contributed by atoms with van der Waals surface area (Å²) in [5, 5.41) is 2.65. The Bertz CT molecular complexity index is 984. The zero-order valence-electron chi connectivity index (χ0n) is 14.8. The molecule has 2 aromatic rings. The van der Waals surface area contributed by atoms with Gasteiger partial charge in [-0.1, -0.05) is 23.7 Å². The van der Waals surface area contributed by atoms with Crippen LogP contribution in [0.5, 0.6) is 0 Å². The Morgan fingerprint density at radius 2 is 1.71 bits per heavy atom. The molecule has 0 spiro atoms. The van der Waals surface area contributed by atoms with Crippen molar-refractivity contribution in [3.8, 4) is 0 Å². The average molecular weight is 415 g/mol. The van der Waals surface area contributed by atoms with E-state index >= 15 is 0 Å². The number of hydrogen-bond donors (Lipinski definition) is 1. The first-order chi connectivity index (χ1) is 13.3. The molecule has 0 saturated carbocycles. The lowest BCUT2D eigenvalue weighted by Gasteiger charge is -2.11. The number of carbonyl (C=O) groups excluding carboxylic acids is 4. The third kappa shape index (κ3) is 4.68. The van der Waals surface area contributed by atoms with Gasteiger partial charge in [0.15, 0.2) is 5.78 Å². The second kappa shape index (κ2) is 8.41. The van der Waals surface area contributed by atoms with Crippen LogP contribution in [0.15, 0.2) is 53.4 Å². The van der Waals surface area contributed by atoms with E-state index in [1.54, 1.807) is 54.6 Å². The van der Waals surface area contributed by atoms with Gasteiger partial charge < -0.3 is 5.32 Å². The predicted octanol–water partition coefficient (Wildman–Crippen LogP) is 4.22. The van der Waals surface area contributed by atoms with Crippen molar-refractivity contribution in [2.24, 2.45) is 0 Å². The maximum atomic E-state index is 12.5. The van der Waals surface area contributed by atoms with E-state index in [-0.39, 0.29) is 23.1 Å². The third-order valence-corrected chi connectivity index (χ3v) is 5.03. The normalized spacial score (nSPS) is 15.2. The SMILES string of the molecule is CC(=O)Nc1ccc(/C=C2\SC(=O)N(CC(=O)c3ccc(Cl)cc3)C2=O)cc1. The van der Waals surface area contributed by atoms with Crippen LogP contribution in [0.25, 0.3) is 6.08 Å². The summed E-state index contributed by atoms with van der Waals surface area (Å²) in [5.41, 5.74) is 1.70. The monoisotopic (exact) mass is 414 g/mol. The van der Waals surface area contributed by atoms with Crippen LogP contribution in [-0.2, 0) is 9.59 Å². The fourth-order valence-electron chi connectivity index (χ4n) is 2.52. The van der Waals surface area contributed by atoms with Crippen molar-refractivity contribution < 1.29 is 19.2 Å². The van der Waals surface area contributed by atoms with Gasteiger partial charge in [0.1, 0.15) is 0 Å². The zero-order valence-corrected chi connectivity index (χ0v) is 16.3. The maximum Gasteiger partial charge on any atom is 0.293 e. The summed E-state index contributed by atoms with van der Waals surface area (Å²) >= 11 is 6.59. The van der Waals surface area contributed by atoms with Crippen LogP contribution in [-0.4, -0.2) is 34.3 Å². The first-order valence-electron chi connectivity index (χ1n) is 8.25. The number of nitrogens with one attached hydrogen (secondary N) is 1. The highest BCUT2D eigenvalue weighted by Crippen LogP contribution is 2.32. The molecule has 1 heterocycles. The number of amides is 3. The van der Waals surface area contributed by atoms with Crippen molar-refractivity contribution in [2.45, 2.75) is 6.92 Å². The van der Waals surface area contributed by atoms with E-state index in [0.717, 1.165) is 16.7 Å². The van der Waals surface area contributed by atoms with Gasteiger partial charge in [-0.2, -0.15) is 0 Å². The minimum atomic E-state index is -0.511. The number of imide groups is 1. The number of thioether (sulfide) groups is 1. The molecule has 3 amide bonds. The molecule has 1 N–H and O–H groups in total. The molecule has 1 aliphatic heterocycles. The molecule has 28 heavy (non-hydrogen) atoms. The van der Waals surface area contributed by atoms with Crippen molar-refractivity contribution in [1.82, 2.24) is 4.90 Å². The first-order valence-corrected chi connectivity index (χ1v) is 9.45. The Kier molecular flexibility index (Phi) is 5.96. The van der Waals surface area contributed by atoms with E-state index in [1.807, 2.05) is 0 Å². The number of benzene rings is 2. The first kappa shape index (κ1) is 19.9. The third-order valence-electron chi connectivity index (χ3n) is 3.87. The highest BCUT2D eigenvalue weighted by atomic mass is 35.5. The zero-order chi connectivity index (χ0) is 20.3. The van der Waals surface area contributed by atoms with Crippen molar-refractivity contribution >= 4 is 58.0 Å². The molecule has 0 aromatic heterocycles. The second-order valence-corrected chi connectivity index (χ2v) is 7.43. The van der Waals surface area contributed by atoms with E-state index in [9.17, 15) is 19.2 Å². The number of rotatable bonds is 5. The number of Topliss-reactive ketones (excluding diaryl/α,β-unsaturated/α-hetero) is 1. The summed E-state index contributed by atoms with van der Waals surface area (Å²) in [6.07, 6.45) is 1.58. The number of halogens is 1. The molecule has 0 radical (unpaired) electrons. The van der Waals surface area contributed by atoms with Gasteiger partial charge in [-0.25, -0.2) is 0 Å². The lowest BCUT2D eigenvalue weighted by Crippen LogP contribution is -2.33. The topological polar surface area (TPSA) is 83.6 Å². The van der Waals surface area contributed by atoms with Crippen molar-refractivity contribution in [3.63, 3.8) is 0 Å².